The molecular formula is C38H47N4O7P. The van der Waals surface area contributed by atoms with Crippen LogP contribution in [0, 0.1) is 11.3 Å². The highest BCUT2D eigenvalue weighted by molar-refractivity contribution is 7.44. The van der Waals surface area contributed by atoms with E-state index in [-0.39, 0.29) is 38.3 Å². The van der Waals surface area contributed by atoms with Crippen molar-refractivity contribution in [2.45, 2.75) is 64.4 Å². The molecule has 0 aliphatic rings. The van der Waals surface area contributed by atoms with E-state index in [4.69, 9.17) is 23.3 Å². The molecule has 0 amide bonds. The number of nitrogens with zero attached hydrogens (tertiary/aromatic N) is 4. The Balaban J connectivity index is 1.88. The van der Waals surface area contributed by atoms with Crippen LogP contribution in [0.3, 0.4) is 0 Å². The third-order valence-corrected chi connectivity index (χ3v) is 10.4. The number of aromatic nitrogens is 2. The van der Waals surface area contributed by atoms with Gasteiger partial charge in [-0.2, -0.15) is 5.26 Å². The molecule has 1 aromatic heterocycles. The Kier molecular flexibility index (Phi) is 13.9. The molecule has 0 aliphatic heterocycles. The fraction of sp³-hybridized carbons (Fsp3) is 0.395. The second kappa shape index (κ2) is 18.1. The highest BCUT2D eigenvalue weighted by atomic mass is 31.2. The molecule has 11 nitrogen and oxygen atoms in total. The van der Waals surface area contributed by atoms with Gasteiger partial charge in [0, 0.05) is 31.4 Å². The summed E-state index contributed by atoms with van der Waals surface area (Å²) in [6.45, 7) is 8.48. The van der Waals surface area contributed by atoms with Gasteiger partial charge in [-0.05, 0) is 68.7 Å². The topological polar surface area (TPSA) is 117 Å². The van der Waals surface area contributed by atoms with Gasteiger partial charge in [-0.3, -0.25) is 13.9 Å². The number of methoxy groups -OCH3 is 2. The van der Waals surface area contributed by atoms with E-state index in [2.05, 4.69) is 38.4 Å². The molecule has 12 heteroatoms. The predicted molar refractivity (Wildman–Crippen MR) is 194 cm³/mol. The van der Waals surface area contributed by atoms with Gasteiger partial charge in [0.05, 0.1) is 46.5 Å². The molecule has 0 N–H and O–H groups in total. The Hall–Kier alpha value is -4.30. The first-order valence-electron chi connectivity index (χ1n) is 16.6. The van der Waals surface area contributed by atoms with Crippen molar-refractivity contribution in [1.82, 2.24) is 13.8 Å². The van der Waals surface area contributed by atoms with E-state index in [0.717, 1.165) is 21.3 Å². The van der Waals surface area contributed by atoms with Crippen molar-refractivity contribution < 1.29 is 23.3 Å². The number of ether oxygens (including phenoxy) is 3. The maximum absolute atomic E-state index is 13.3. The highest BCUT2D eigenvalue weighted by Gasteiger charge is 2.40. The summed E-state index contributed by atoms with van der Waals surface area (Å²) in [6.07, 6.45) is 0.928. The summed E-state index contributed by atoms with van der Waals surface area (Å²) in [5.74, 6) is 1.40. The van der Waals surface area contributed by atoms with Crippen molar-refractivity contribution in [3.8, 4) is 17.6 Å². The largest absolute Gasteiger partial charge is 0.497 e. The average molecular weight is 703 g/mol. The van der Waals surface area contributed by atoms with Crippen LogP contribution in [-0.2, 0) is 33.0 Å². The van der Waals surface area contributed by atoms with Crippen LogP contribution in [-0.4, -0.2) is 59.4 Å². The smallest absolute Gasteiger partial charge is 0.330 e. The van der Waals surface area contributed by atoms with Gasteiger partial charge in [0.2, 0.25) is 0 Å². The Morgan fingerprint density at radius 3 is 1.86 bits per heavy atom. The summed E-state index contributed by atoms with van der Waals surface area (Å²) < 4.78 is 35.9. The van der Waals surface area contributed by atoms with Crippen LogP contribution in [0.1, 0.15) is 50.8 Å². The first kappa shape index (κ1) is 38.5. The lowest BCUT2D eigenvalue weighted by atomic mass is 9.80. The van der Waals surface area contributed by atoms with Crippen LogP contribution < -0.4 is 20.7 Å². The standard InChI is InChI=1S/C38H47N4O7P/c1-28(2)42(29(3)4)50(48-25-11-23-39)49-35(26-41-24-22-36(43)40(5)37(41)44)27-47-38(30-12-9-8-10-13-30,31-14-18-33(45-6)19-15-31)32-16-20-34(46-7)21-17-32/h8-10,12-22,24,28-29,35H,11,25-27H2,1-7H3. The fourth-order valence-electron chi connectivity index (χ4n) is 5.81. The molecule has 0 fully saturated rings. The van der Waals surface area contributed by atoms with Crippen LogP contribution >= 0.6 is 8.53 Å². The lowest BCUT2D eigenvalue weighted by Crippen LogP contribution is -2.42. The van der Waals surface area contributed by atoms with Gasteiger partial charge in [-0.25, -0.2) is 9.46 Å². The van der Waals surface area contributed by atoms with Gasteiger partial charge >= 0.3 is 5.69 Å². The minimum absolute atomic E-state index is 0.00665. The first-order valence-corrected chi connectivity index (χ1v) is 17.7. The molecule has 0 saturated carbocycles. The highest BCUT2D eigenvalue weighted by Crippen LogP contribution is 2.48. The number of hydrogen-bond acceptors (Lipinski definition) is 9. The molecule has 266 valence electrons. The fourth-order valence-corrected chi connectivity index (χ4v) is 7.49. The summed E-state index contributed by atoms with van der Waals surface area (Å²) in [5.41, 5.74) is 0.514. The maximum atomic E-state index is 13.3. The normalized spacial score (nSPS) is 13.0. The SMILES string of the molecule is COc1ccc(C(OCC(Cn2ccc(=O)n(C)c2=O)OP(OCCC#N)N(C(C)C)C(C)C)(c2ccccc2)c2ccc(OC)cc2)cc1. The number of hydrogen-bond donors (Lipinski definition) is 0. The van der Waals surface area contributed by atoms with Gasteiger partial charge in [0.1, 0.15) is 23.2 Å². The summed E-state index contributed by atoms with van der Waals surface area (Å²) in [7, 11) is 2.98. The third kappa shape index (κ3) is 9.08. The van der Waals surface area contributed by atoms with Gasteiger partial charge in [-0.15, -0.1) is 0 Å². The summed E-state index contributed by atoms with van der Waals surface area (Å²) in [5, 5.41) is 9.28. The summed E-state index contributed by atoms with van der Waals surface area (Å²) in [6, 6.07) is 28.9. The molecule has 0 bridgehead atoms. The van der Waals surface area contributed by atoms with E-state index in [1.54, 1.807) is 14.2 Å². The molecule has 2 unspecified atom stereocenters. The Morgan fingerprint density at radius 2 is 1.36 bits per heavy atom. The maximum Gasteiger partial charge on any atom is 0.330 e. The molecule has 4 aromatic rings. The molecule has 0 saturated heterocycles. The molecule has 2 atom stereocenters. The molecule has 1 heterocycles. The lowest BCUT2D eigenvalue weighted by molar-refractivity contribution is -0.0387. The van der Waals surface area contributed by atoms with Crippen LogP contribution in [0.2, 0.25) is 0 Å². The zero-order chi connectivity index (χ0) is 36.3. The number of nitriles is 1. The zero-order valence-corrected chi connectivity index (χ0v) is 30.7. The average Bonchev–Trinajstić information content (AvgIpc) is 3.12. The van der Waals surface area contributed by atoms with E-state index in [1.165, 1.54) is 23.9 Å². The van der Waals surface area contributed by atoms with E-state index >= 15 is 0 Å². The Bertz CT molecular complexity index is 1750. The molecule has 3 aromatic carbocycles. The van der Waals surface area contributed by atoms with Crippen molar-refractivity contribution in [2.24, 2.45) is 7.05 Å². The predicted octanol–water partition coefficient (Wildman–Crippen LogP) is 6.23. The van der Waals surface area contributed by atoms with E-state index < -0.39 is 31.5 Å². The number of benzene rings is 3. The second-order valence-electron chi connectivity index (χ2n) is 12.2. The Morgan fingerprint density at radius 1 is 0.820 bits per heavy atom. The van der Waals surface area contributed by atoms with E-state index in [0.29, 0.717) is 11.5 Å². The van der Waals surface area contributed by atoms with Gasteiger partial charge < -0.3 is 23.3 Å². The molecule has 0 radical (unpaired) electrons. The minimum Gasteiger partial charge on any atom is -0.497 e. The van der Waals surface area contributed by atoms with Crippen molar-refractivity contribution in [3.63, 3.8) is 0 Å². The van der Waals surface area contributed by atoms with Crippen LogP contribution in [0.4, 0.5) is 0 Å². The zero-order valence-electron chi connectivity index (χ0n) is 29.8. The Labute approximate surface area is 295 Å². The van der Waals surface area contributed by atoms with Crippen molar-refractivity contribution in [3.05, 3.63) is 129 Å². The van der Waals surface area contributed by atoms with Gasteiger partial charge in [-0.1, -0.05) is 54.6 Å². The van der Waals surface area contributed by atoms with Gasteiger partial charge in [0.25, 0.3) is 14.1 Å². The van der Waals surface area contributed by atoms with E-state index in [9.17, 15) is 14.9 Å². The molecule has 50 heavy (non-hydrogen) atoms. The third-order valence-electron chi connectivity index (χ3n) is 8.22. The lowest BCUT2D eigenvalue weighted by Gasteiger charge is -2.39. The van der Waals surface area contributed by atoms with Crippen LogP contribution in [0.5, 0.6) is 11.5 Å². The van der Waals surface area contributed by atoms with E-state index in [1.807, 2.05) is 78.9 Å². The first-order chi connectivity index (χ1) is 24.0. The van der Waals surface area contributed by atoms with Crippen molar-refractivity contribution >= 4 is 8.53 Å². The molecule has 4 rings (SSSR count). The van der Waals surface area contributed by atoms with Crippen molar-refractivity contribution in [1.29, 1.82) is 5.26 Å². The molecular weight excluding hydrogens is 655 g/mol. The monoisotopic (exact) mass is 702 g/mol. The van der Waals surface area contributed by atoms with Crippen LogP contribution in [0.15, 0.2) is 101 Å². The second-order valence-corrected chi connectivity index (χ2v) is 13.6. The van der Waals surface area contributed by atoms with Crippen LogP contribution in [0.25, 0.3) is 0 Å². The quantitative estimate of drug-likeness (QED) is 0.0676. The molecule has 0 spiro atoms. The summed E-state index contributed by atoms with van der Waals surface area (Å²) >= 11 is 0. The van der Waals surface area contributed by atoms with Gasteiger partial charge in [0.15, 0.2) is 0 Å². The van der Waals surface area contributed by atoms with Crippen molar-refractivity contribution in [2.75, 3.05) is 27.4 Å². The molecule has 0 aliphatic carbocycles. The number of rotatable bonds is 18. The summed E-state index contributed by atoms with van der Waals surface area (Å²) in [4.78, 5) is 25.6. The minimum atomic E-state index is -1.71.